The van der Waals surface area contributed by atoms with Crippen molar-refractivity contribution in [3.05, 3.63) is 127 Å². The molecule has 0 unspecified atom stereocenters. The van der Waals surface area contributed by atoms with Crippen LogP contribution in [-0.2, 0) is 6.54 Å². The summed E-state index contributed by atoms with van der Waals surface area (Å²) < 4.78 is 0. The maximum absolute atomic E-state index is 4.66. The van der Waals surface area contributed by atoms with Crippen molar-refractivity contribution in [1.82, 2.24) is 35.5 Å². The van der Waals surface area contributed by atoms with Crippen molar-refractivity contribution >= 4 is 27.5 Å². The molecule has 6 aromatic rings. The number of allylic oxidation sites excluding steroid dienone is 3. The Morgan fingerprint density at radius 3 is 2.62 bits per heavy atom. The Hall–Kier alpha value is -5.14. The van der Waals surface area contributed by atoms with Crippen molar-refractivity contribution < 1.29 is 0 Å². The van der Waals surface area contributed by atoms with Crippen molar-refractivity contribution in [2.24, 2.45) is 0 Å². The van der Waals surface area contributed by atoms with Gasteiger partial charge < -0.3 is 10.3 Å². The number of aromatic nitrogens is 6. The first-order chi connectivity index (χ1) is 19.7. The fraction of sp³-hybridized carbons (Fsp3) is 0.0909. The predicted octanol–water partition coefficient (Wildman–Crippen LogP) is 6.87. The van der Waals surface area contributed by atoms with E-state index in [4.69, 9.17) is 0 Å². The van der Waals surface area contributed by atoms with Crippen LogP contribution in [0.15, 0.2) is 116 Å². The van der Waals surface area contributed by atoms with E-state index in [2.05, 4.69) is 90.6 Å². The lowest BCUT2D eigenvalue weighted by Gasteiger charge is -2.08. The molecule has 0 atom stereocenters. The quantitative estimate of drug-likeness (QED) is 0.180. The van der Waals surface area contributed by atoms with Gasteiger partial charge in [0, 0.05) is 65.3 Å². The lowest BCUT2D eigenvalue weighted by atomic mass is 10.0. The number of nitrogens with one attached hydrogen (secondary N) is 3. The van der Waals surface area contributed by atoms with Crippen LogP contribution in [-0.4, -0.2) is 36.7 Å². The molecule has 1 aromatic carbocycles. The summed E-state index contributed by atoms with van der Waals surface area (Å²) in [6, 6.07) is 20.6. The van der Waals surface area contributed by atoms with E-state index in [0.717, 1.165) is 62.2 Å². The third kappa shape index (κ3) is 5.10. The van der Waals surface area contributed by atoms with E-state index in [1.807, 2.05) is 49.7 Å². The van der Waals surface area contributed by atoms with Crippen LogP contribution >= 0.6 is 0 Å². The molecule has 7 nitrogen and oxygen atoms in total. The maximum atomic E-state index is 4.66. The monoisotopic (exact) mass is 523 g/mol. The van der Waals surface area contributed by atoms with Gasteiger partial charge in [-0.25, -0.2) is 4.98 Å². The fourth-order valence-corrected chi connectivity index (χ4v) is 4.85. The molecule has 0 radical (unpaired) electrons. The molecule has 0 amide bonds. The van der Waals surface area contributed by atoms with Crippen LogP contribution in [0.5, 0.6) is 0 Å². The molecule has 0 bridgehead atoms. The van der Waals surface area contributed by atoms with Gasteiger partial charge >= 0.3 is 0 Å². The van der Waals surface area contributed by atoms with E-state index in [1.165, 1.54) is 5.56 Å². The summed E-state index contributed by atoms with van der Waals surface area (Å²) in [6.45, 7) is 7.58. The maximum Gasteiger partial charge on any atom is 0.181 e. The average molecular weight is 524 g/mol. The number of fused-ring (bicyclic) bond motifs is 2. The fourth-order valence-electron chi connectivity index (χ4n) is 4.85. The summed E-state index contributed by atoms with van der Waals surface area (Å²) in [5.74, 6) is 0. The van der Waals surface area contributed by atoms with Crippen molar-refractivity contribution in [1.29, 1.82) is 0 Å². The van der Waals surface area contributed by atoms with Gasteiger partial charge in [-0.1, -0.05) is 55.1 Å². The number of H-pyrrole nitrogens is 2. The number of rotatable bonds is 9. The molecular formula is C33H29N7. The normalized spacial score (nSPS) is 12.3. The lowest BCUT2D eigenvalue weighted by molar-refractivity contribution is 0.747. The summed E-state index contributed by atoms with van der Waals surface area (Å²) in [7, 11) is 0. The Balaban J connectivity index is 1.31. The summed E-state index contributed by atoms with van der Waals surface area (Å²) >= 11 is 0. The molecule has 0 aliphatic rings. The molecule has 0 aliphatic heterocycles. The van der Waals surface area contributed by atoms with Crippen LogP contribution in [0.4, 0.5) is 0 Å². The number of nitrogens with zero attached hydrogens (tertiary/aromatic N) is 4. The van der Waals surface area contributed by atoms with Gasteiger partial charge in [0.2, 0.25) is 0 Å². The molecule has 5 heterocycles. The zero-order chi connectivity index (χ0) is 27.3. The molecule has 196 valence electrons. The van der Waals surface area contributed by atoms with Crippen molar-refractivity contribution in [2.45, 2.75) is 13.5 Å². The van der Waals surface area contributed by atoms with Crippen LogP contribution in [0.1, 0.15) is 18.1 Å². The molecule has 0 spiro atoms. The Labute approximate surface area is 232 Å². The average Bonchev–Trinajstić information content (AvgIpc) is 3.63. The summed E-state index contributed by atoms with van der Waals surface area (Å²) in [5.41, 5.74) is 9.83. The Kier molecular flexibility index (Phi) is 7.11. The highest BCUT2D eigenvalue weighted by molar-refractivity contribution is 5.99. The molecule has 6 rings (SSSR count). The number of benzene rings is 1. The van der Waals surface area contributed by atoms with Gasteiger partial charge in [0.25, 0.3) is 0 Å². The Morgan fingerprint density at radius 1 is 0.975 bits per heavy atom. The van der Waals surface area contributed by atoms with E-state index >= 15 is 0 Å². The van der Waals surface area contributed by atoms with Crippen LogP contribution in [0.25, 0.3) is 50.2 Å². The number of aromatic amines is 2. The molecule has 0 saturated carbocycles. The van der Waals surface area contributed by atoms with Gasteiger partial charge in [-0.05, 0) is 54.0 Å². The Bertz CT molecular complexity index is 1840. The number of hydrogen-bond acceptors (Lipinski definition) is 5. The van der Waals surface area contributed by atoms with Crippen molar-refractivity contribution in [2.75, 3.05) is 6.54 Å². The van der Waals surface area contributed by atoms with E-state index in [1.54, 1.807) is 12.4 Å². The smallest absolute Gasteiger partial charge is 0.181 e. The van der Waals surface area contributed by atoms with E-state index in [0.29, 0.717) is 12.2 Å². The zero-order valence-corrected chi connectivity index (χ0v) is 22.2. The minimum atomic E-state index is 0.665. The van der Waals surface area contributed by atoms with Gasteiger partial charge in [-0.3, -0.25) is 15.1 Å². The third-order valence-electron chi connectivity index (χ3n) is 6.93. The third-order valence-corrected chi connectivity index (χ3v) is 6.93. The predicted molar refractivity (Wildman–Crippen MR) is 162 cm³/mol. The molecule has 7 heteroatoms. The van der Waals surface area contributed by atoms with Crippen LogP contribution < -0.4 is 5.32 Å². The standard InChI is InChI=1S/C33H29N7/c1-3-22(19-35-20-23-8-6-5-7-9-23)16-24(4-2)26-17-28-32(39-40-33(28)37-21-26)30-18-27-29(38-30)12-15-36-31(27)25-10-13-34-14-11-25/h3-18,21,35,38H,1,19-20H2,2H3,(H,37,39,40)/b22-16+,24-4+. The first kappa shape index (κ1) is 25.2. The van der Waals surface area contributed by atoms with E-state index in [-0.39, 0.29) is 0 Å². The molecule has 5 aromatic heterocycles. The van der Waals surface area contributed by atoms with Crippen LogP contribution in [0.2, 0.25) is 0 Å². The Morgan fingerprint density at radius 2 is 1.82 bits per heavy atom. The van der Waals surface area contributed by atoms with Gasteiger partial charge in [0.1, 0.15) is 0 Å². The molecule has 40 heavy (non-hydrogen) atoms. The van der Waals surface area contributed by atoms with Gasteiger partial charge in [-0.2, -0.15) is 5.10 Å². The first-order valence-electron chi connectivity index (χ1n) is 13.2. The molecule has 0 saturated heterocycles. The number of hydrogen-bond donors (Lipinski definition) is 3. The highest BCUT2D eigenvalue weighted by atomic mass is 15.2. The molecule has 3 N–H and O–H groups in total. The van der Waals surface area contributed by atoms with Crippen molar-refractivity contribution in [3.63, 3.8) is 0 Å². The second kappa shape index (κ2) is 11.3. The van der Waals surface area contributed by atoms with Gasteiger partial charge in [0.05, 0.1) is 17.1 Å². The summed E-state index contributed by atoms with van der Waals surface area (Å²) in [5, 5.41) is 13.2. The van der Waals surface area contributed by atoms with Gasteiger partial charge in [0.15, 0.2) is 5.65 Å². The van der Waals surface area contributed by atoms with Crippen LogP contribution in [0.3, 0.4) is 0 Å². The molecule has 0 fully saturated rings. The summed E-state index contributed by atoms with van der Waals surface area (Å²) in [6.07, 6.45) is 13.4. The largest absolute Gasteiger partial charge is 0.353 e. The number of pyridine rings is 3. The second-order valence-electron chi connectivity index (χ2n) is 9.49. The SMILES string of the molecule is C=C/C(=C\C(=C/C)c1cnc2n[nH]c(-c3cc4c(-c5ccncc5)nccc4[nH]3)c2c1)CNCc1ccccc1. The molecule has 0 aliphatic carbocycles. The van der Waals surface area contributed by atoms with Crippen molar-refractivity contribution in [3.8, 4) is 22.6 Å². The van der Waals surface area contributed by atoms with E-state index in [9.17, 15) is 0 Å². The summed E-state index contributed by atoms with van der Waals surface area (Å²) in [4.78, 5) is 17.0. The topological polar surface area (TPSA) is 95.2 Å². The minimum Gasteiger partial charge on any atom is -0.353 e. The van der Waals surface area contributed by atoms with E-state index < -0.39 is 0 Å². The highest BCUT2D eigenvalue weighted by Crippen LogP contribution is 2.33. The van der Waals surface area contributed by atoms with Crippen LogP contribution in [0, 0.1) is 0 Å². The molecular weight excluding hydrogens is 494 g/mol. The second-order valence-corrected chi connectivity index (χ2v) is 9.49. The first-order valence-corrected chi connectivity index (χ1v) is 13.2. The lowest BCUT2D eigenvalue weighted by Crippen LogP contribution is -2.15. The van der Waals surface area contributed by atoms with Gasteiger partial charge in [-0.15, -0.1) is 0 Å². The minimum absolute atomic E-state index is 0.665. The zero-order valence-electron chi connectivity index (χ0n) is 22.2. The highest BCUT2D eigenvalue weighted by Gasteiger charge is 2.15.